The topological polar surface area (TPSA) is 63.0 Å². The van der Waals surface area contributed by atoms with Gasteiger partial charge in [0, 0.05) is 6.42 Å². The lowest BCUT2D eigenvalue weighted by molar-refractivity contribution is 0.499. The number of rotatable bonds is 2. The molecule has 0 amide bonds. The summed E-state index contributed by atoms with van der Waals surface area (Å²) in [7, 11) is 0. The van der Waals surface area contributed by atoms with Gasteiger partial charge in [-0.15, -0.1) is 0 Å². The lowest BCUT2D eigenvalue weighted by Crippen LogP contribution is -2.01. The van der Waals surface area contributed by atoms with Crippen LogP contribution in [0.25, 0.3) is 0 Å². The summed E-state index contributed by atoms with van der Waals surface area (Å²) in [6.07, 6.45) is 0.696. The van der Waals surface area contributed by atoms with Crippen molar-refractivity contribution in [3.05, 3.63) is 23.7 Å². The van der Waals surface area contributed by atoms with Gasteiger partial charge in [0.2, 0.25) is 5.76 Å². The van der Waals surface area contributed by atoms with Crippen molar-refractivity contribution in [2.45, 2.75) is 6.42 Å². The van der Waals surface area contributed by atoms with Gasteiger partial charge in [-0.25, -0.2) is 0 Å². The Hall–Kier alpha value is -1.27. The number of furan rings is 1. The lowest BCUT2D eigenvalue weighted by Gasteiger charge is -1.87. The number of nitrogens with two attached hydrogens (primary N) is 1. The molecule has 1 aromatic heterocycles. The van der Waals surface area contributed by atoms with Gasteiger partial charge in [0.05, 0.1) is 0 Å². The normalized spacial score (nSPS) is 9.20. The predicted molar refractivity (Wildman–Crippen MR) is 36.2 cm³/mol. The van der Waals surface area contributed by atoms with Gasteiger partial charge in [-0.05, 0) is 18.7 Å². The zero-order valence-corrected chi connectivity index (χ0v) is 5.50. The number of hydrogen-bond acceptors (Lipinski definition) is 3. The van der Waals surface area contributed by atoms with Crippen LogP contribution in [0.5, 0.6) is 0 Å². The van der Waals surface area contributed by atoms with Crippen molar-refractivity contribution in [2.75, 3.05) is 6.54 Å². The Morgan fingerprint density at radius 3 is 2.90 bits per heavy atom. The summed E-state index contributed by atoms with van der Waals surface area (Å²) in [6.45, 7) is 0.554. The van der Waals surface area contributed by atoms with E-state index in [1.54, 1.807) is 12.1 Å². The number of hydrogen-bond donors (Lipinski definition) is 1. The van der Waals surface area contributed by atoms with E-state index < -0.39 is 0 Å². The second kappa shape index (κ2) is 3.04. The van der Waals surface area contributed by atoms with Gasteiger partial charge in [-0.3, -0.25) is 0 Å². The first-order valence-corrected chi connectivity index (χ1v) is 3.05. The highest BCUT2D eigenvalue weighted by Gasteiger charge is 1.97. The van der Waals surface area contributed by atoms with Crippen molar-refractivity contribution in [3.8, 4) is 6.07 Å². The third-order valence-corrected chi connectivity index (χ3v) is 1.16. The van der Waals surface area contributed by atoms with E-state index >= 15 is 0 Å². The quantitative estimate of drug-likeness (QED) is 0.649. The first kappa shape index (κ1) is 6.84. The Bertz CT molecular complexity index is 246. The van der Waals surface area contributed by atoms with E-state index in [4.69, 9.17) is 15.4 Å². The average Bonchev–Trinajstić information content (AvgIpc) is 2.37. The molecule has 0 radical (unpaired) electrons. The molecule has 0 spiro atoms. The van der Waals surface area contributed by atoms with Crippen LogP contribution < -0.4 is 5.73 Å². The van der Waals surface area contributed by atoms with E-state index in [9.17, 15) is 0 Å². The molecular formula is C7H8N2O. The van der Waals surface area contributed by atoms with Crippen molar-refractivity contribution >= 4 is 0 Å². The molecule has 1 rings (SSSR count). The SMILES string of the molecule is N#Cc1ccc(CCN)o1. The molecule has 1 heterocycles. The minimum atomic E-state index is 0.350. The molecule has 1 aromatic rings. The summed E-state index contributed by atoms with van der Waals surface area (Å²) in [5.74, 6) is 1.13. The van der Waals surface area contributed by atoms with E-state index in [2.05, 4.69) is 0 Å². The van der Waals surface area contributed by atoms with Crippen LogP contribution in [0.15, 0.2) is 16.5 Å². The monoisotopic (exact) mass is 136 g/mol. The fourth-order valence-electron chi connectivity index (χ4n) is 0.715. The fraction of sp³-hybridized carbons (Fsp3) is 0.286. The first-order valence-electron chi connectivity index (χ1n) is 3.05. The third kappa shape index (κ3) is 1.36. The zero-order chi connectivity index (χ0) is 7.40. The minimum absolute atomic E-state index is 0.350. The summed E-state index contributed by atoms with van der Waals surface area (Å²) >= 11 is 0. The molecule has 0 aliphatic rings. The van der Waals surface area contributed by atoms with Crippen molar-refractivity contribution in [3.63, 3.8) is 0 Å². The molecule has 0 bridgehead atoms. The molecule has 2 N–H and O–H groups in total. The summed E-state index contributed by atoms with van der Waals surface area (Å²) in [5.41, 5.74) is 5.27. The van der Waals surface area contributed by atoms with Crippen LogP contribution in [0.2, 0.25) is 0 Å². The van der Waals surface area contributed by atoms with Gasteiger partial charge in [-0.1, -0.05) is 0 Å². The molecule has 0 aliphatic carbocycles. The standard InChI is InChI=1S/C7H8N2O/c8-4-3-6-1-2-7(5-9)10-6/h1-2H,3-4,8H2. The molecule has 0 saturated heterocycles. The summed E-state index contributed by atoms with van der Waals surface area (Å²) in [6, 6.07) is 5.31. The molecule has 0 atom stereocenters. The van der Waals surface area contributed by atoms with Gasteiger partial charge in [0.1, 0.15) is 11.8 Å². The summed E-state index contributed by atoms with van der Waals surface area (Å²) in [5, 5.41) is 8.34. The second-order valence-corrected chi connectivity index (χ2v) is 1.92. The van der Waals surface area contributed by atoms with Crippen LogP contribution in [0.1, 0.15) is 11.5 Å². The van der Waals surface area contributed by atoms with E-state index in [0.29, 0.717) is 18.7 Å². The highest BCUT2D eigenvalue weighted by Crippen LogP contribution is 2.05. The Balaban J connectivity index is 2.71. The Kier molecular flexibility index (Phi) is 2.08. The Labute approximate surface area is 59.1 Å². The molecule has 3 heteroatoms. The molecule has 52 valence electrons. The first-order chi connectivity index (χ1) is 4.86. The maximum atomic E-state index is 8.34. The van der Waals surface area contributed by atoms with Crippen LogP contribution in [0.3, 0.4) is 0 Å². The van der Waals surface area contributed by atoms with Crippen LogP contribution in [-0.4, -0.2) is 6.54 Å². The summed E-state index contributed by atoms with van der Waals surface area (Å²) < 4.78 is 5.03. The van der Waals surface area contributed by atoms with Crippen molar-refractivity contribution in [2.24, 2.45) is 5.73 Å². The van der Waals surface area contributed by atoms with Crippen LogP contribution in [-0.2, 0) is 6.42 Å². The molecular weight excluding hydrogens is 128 g/mol. The van der Waals surface area contributed by atoms with Gasteiger partial charge in [0.15, 0.2) is 0 Å². The maximum absolute atomic E-state index is 8.34. The molecule has 0 unspecified atom stereocenters. The number of nitrogens with zero attached hydrogens (tertiary/aromatic N) is 1. The van der Waals surface area contributed by atoms with Crippen LogP contribution >= 0.6 is 0 Å². The van der Waals surface area contributed by atoms with Crippen molar-refractivity contribution in [1.29, 1.82) is 5.26 Å². The summed E-state index contributed by atoms with van der Waals surface area (Å²) in [4.78, 5) is 0. The molecule has 0 saturated carbocycles. The minimum Gasteiger partial charge on any atom is -0.451 e. The Morgan fingerprint density at radius 2 is 2.40 bits per heavy atom. The smallest absolute Gasteiger partial charge is 0.203 e. The van der Waals surface area contributed by atoms with Crippen molar-refractivity contribution in [1.82, 2.24) is 0 Å². The van der Waals surface area contributed by atoms with Crippen molar-refractivity contribution < 1.29 is 4.42 Å². The van der Waals surface area contributed by atoms with E-state index in [1.165, 1.54) is 0 Å². The molecule has 0 aromatic carbocycles. The largest absolute Gasteiger partial charge is 0.451 e. The highest BCUT2D eigenvalue weighted by atomic mass is 16.3. The van der Waals surface area contributed by atoms with Crippen LogP contribution in [0.4, 0.5) is 0 Å². The predicted octanol–water partition coefficient (Wildman–Crippen LogP) is 0.652. The Morgan fingerprint density at radius 1 is 1.60 bits per heavy atom. The fourth-order valence-corrected chi connectivity index (χ4v) is 0.715. The lowest BCUT2D eigenvalue weighted by atomic mass is 10.3. The van der Waals surface area contributed by atoms with E-state index in [1.807, 2.05) is 6.07 Å². The molecule has 10 heavy (non-hydrogen) atoms. The average molecular weight is 136 g/mol. The van der Waals surface area contributed by atoms with Gasteiger partial charge >= 0.3 is 0 Å². The maximum Gasteiger partial charge on any atom is 0.203 e. The van der Waals surface area contributed by atoms with Gasteiger partial charge in [0.25, 0.3) is 0 Å². The second-order valence-electron chi connectivity index (χ2n) is 1.92. The molecule has 0 fully saturated rings. The zero-order valence-electron chi connectivity index (χ0n) is 5.50. The van der Waals surface area contributed by atoms with E-state index in [0.717, 1.165) is 5.76 Å². The highest BCUT2D eigenvalue weighted by molar-refractivity contribution is 5.19. The third-order valence-electron chi connectivity index (χ3n) is 1.16. The molecule has 3 nitrogen and oxygen atoms in total. The van der Waals surface area contributed by atoms with Crippen LogP contribution in [0, 0.1) is 11.3 Å². The number of nitriles is 1. The van der Waals surface area contributed by atoms with Gasteiger partial charge in [-0.2, -0.15) is 5.26 Å². The van der Waals surface area contributed by atoms with Gasteiger partial charge < -0.3 is 10.2 Å². The molecule has 0 aliphatic heterocycles. The van der Waals surface area contributed by atoms with E-state index in [-0.39, 0.29) is 0 Å².